The zero-order chi connectivity index (χ0) is 27.4. The highest BCUT2D eigenvalue weighted by atomic mass is 19.4. The summed E-state index contributed by atoms with van der Waals surface area (Å²) < 4.78 is 107. The van der Waals surface area contributed by atoms with Crippen LogP contribution in [0.15, 0.2) is 77.8 Å². The van der Waals surface area contributed by atoms with Crippen LogP contribution in [-0.4, -0.2) is 5.71 Å². The molecular formula is C28H12F8N2. The minimum Gasteiger partial charge on any atom is -0.206 e. The van der Waals surface area contributed by atoms with Crippen molar-refractivity contribution < 1.29 is 35.1 Å². The van der Waals surface area contributed by atoms with Crippen LogP contribution in [0.25, 0.3) is 33.4 Å². The first-order chi connectivity index (χ1) is 17.9. The molecule has 5 rings (SSSR count). The number of nitrogens with zero attached hydrogens (tertiary/aromatic N) is 2. The summed E-state index contributed by atoms with van der Waals surface area (Å²) in [5, 5.41) is 9.28. The molecule has 0 bridgehead atoms. The number of rotatable bonds is 2. The summed E-state index contributed by atoms with van der Waals surface area (Å²) in [6, 6.07) is 13.5. The van der Waals surface area contributed by atoms with Crippen LogP contribution in [0.1, 0.15) is 22.3 Å². The zero-order valence-corrected chi connectivity index (χ0v) is 18.8. The minimum atomic E-state index is -4.71. The Morgan fingerprint density at radius 2 is 0.921 bits per heavy atom. The fourth-order valence-corrected chi connectivity index (χ4v) is 4.45. The molecule has 0 spiro atoms. The Hall–Kier alpha value is -4.52. The van der Waals surface area contributed by atoms with Crippen molar-refractivity contribution in [2.75, 3.05) is 0 Å². The van der Waals surface area contributed by atoms with Gasteiger partial charge in [-0.2, -0.15) is 36.6 Å². The fraction of sp³-hybridized carbons (Fsp3) is 0.0714. The van der Waals surface area contributed by atoms with E-state index < -0.39 is 35.1 Å². The molecule has 0 aliphatic heterocycles. The summed E-state index contributed by atoms with van der Waals surface area (Å²) in [6.45, 7) is 0. The summed E-state index contributed by atoms with van der Waals surface area (Å²) >= 11 is 0. The van der Waals surface area contributed by atoms with E-state index in [1.165, 1.54) is 24.3 Å². The van der Waals surface area contributed by atoms with Gasteiger partial charge in [0.1, 0.15) is 11.6 Å². The van der Waals surface area contributed by atoms with Gasteiger partial charge in [-0.15, -0.1) is 0 Å². The lowest BCUT2D eigenvalue weighted by Crippen LogP contribution is -2.05. The Morgan fingerprint density at radius 3 is 1.26 bits per heavy atom. The van der Waals surface area contributed by atoms with Crippen LogP contribution in [0, 0.1) is 23.1 Å². The topological polar surface area (TPSA) is 36.1 Å². The van der Waals surface area contributed by atoms with Gasteiger partial charge in [-0.3, -0.25) is 0 Å². The molecule has 0 atom stereocenters. The molecule has 0 saturated carbocycles. The molecule has 1 aliphatic carbocycles. The third-order valence-electron chi connectivity index (χ3n) is 6.22. The predicted molar refractivity (Wildman–Crippen MR) is 124 cm³/mol. The quantitative estimate of drug-likeness (QED) is 0.167. The Morgan fingerprint density at radius 1 is 0.526 bits per heavy atom. The molecule has 2 nitrogen and oxygen atoms in total. The smallest absolute Gasteiger partial charge is 0.206 e. The van der Waals surface area contributed by atoms with E-state index in [1.54, 1.807) is 18.3 Å². The number of benzene rings is 4. The van der Waals surface area contributed by atoms with Crippen LogP contribution in [0.2, 0.25) is 0 Å². The van der Waals surface area contributed by atoms with Crippen LogP contribution in [0.5, 0.6) is 0 Å². The second-order valence-electron chi connectivity index (χ2n) is 8.47. The molecule has 10 heteroatoms. The maximum absolute atomic E-state index is 14.6. The van der Waals surface area contributed by atoms with Gasteiger partial charge in [-0.05, 0) is 58.7 Å². The van der Waals surface area contributed by atoms with E-state index in [4.69, 9.17) is 0 Å². The standard InChI is InChI=1S/C28H12F8N2/c29-24-11-16(27(31,32)33)3-7-18(24)14-1-5-20-21-6-2-15(10-23(21)26(38-13-37)22(20)9-14)19-8-4-17(12-25(19)30)28(34,35)36/h1-12H. The van der Waals surface area contributed by atoms with E-state index in [0.717, 1.165) is 24.3 Å². The van der Waals surface area contributed by atoms with Crippen LogP contribution in [0.4, 0.5) is 35.1 Å². The first-order valence-electron chi connectivity index (χ1n) is 10.9. The average molecular weight is 528 g/mol. The Kier molecular flexibility index (Phi) is 5.82. The highest BCUT2D eigenvalue weighted by Crippen LogP contribution is 2.42. The lowest BCUT2D eigenvalue weighted by molar-refractivity contribution is -0.138. The van der Waals surface area contributed by atoms with Crippen molar-refractivity contribution in [2.45, 2.75) is 12.4 Å². The van der Waals surface area contributed by atoms with Crippen LogP contribution in [-0.2, 0) is 12.4 Å². The van der Waals surface area contributed by atoms with Crippen molar-refractivity contribution in [3.8, 4) is 39.6 Å². The van der Waals surface area contributed by atoms with Gasteiger partial charge in [0.25, 0.3) is 0 Å². The van der Waals surface area contributed by atoms with Gasteiger partial charge in [0, 0.05) is 22.3 Å². The normalized spacial score (nSPS) is 12.7. The molecule has 0 heterocycles. The van der Waals surface area contributed by atoms with E-state index in [0.29, 0.717) is 34.4 Å². The van der Waals surface area contributed by atoms with Crippen LogP contribution in [0.3, 0.4) is 0 Å². The minimum absolute atomic E-state index is 0.0967. The van der Waals surface area contributed by atoms with Gasteiger partial charge in [0.05, 0.1) is 16.8 Å². The molecule has 0 fully saturated rings. The summed E-state index contributed by atoms with van der Waals surface area (Å²) in [4.78, 5) is 3.85. The van der Waals surface area contributed by atoms with Gasteiger partial charge < -0.3 is 0 Å². The van der Waals surface area contributed by atoms with E-state index in [9.17, 15) is 40.4 Å². The summed E-state index contributed by atoms with van der Waals surface area (Å²) in [7, 11) is 0. The third-order valence-corrected chi connectivity index (χ3v) is 6.22. The predicted octanol–water partition coefficient (Wildman–Crippen LogP) is 8.64. The first kappa shape index (κ1) is 25.1. The van der Waals surface area contributed by atoms with Crippen molar-refractivity contribution in [2.24, 2.45) is 4.99 Å². The van der Waals surface area contributed by atoms with Crippen molar-refractivity contribution in [3.05, 3.63) is 107 Å². The van der Waals surface area contributed by atoms with Gasteiger partial charge in [-0.25, -0.2) is 8.78 Å². The number of nitriles is 1. The molecule has 0 unspecified atom stereocenters. The largest absolute Gasteiger partial charge is 0.416 e. The van der Waals surface area contributed by atoms with Crippen molar-refractivity contribution >= 4 is 5.71 Å². The lowest BCUT2D eigenvalue weighted by atomic mass is 9.97. The second kappa shape index (κ2) is 8.80. The number of aliphatic imine (C=N–C) groups is 1. The average Bonchev–Trinajstić information content (AvgIpc) is 3.15. The molecular weight excluding hydrogens is 516 g/mol. The molecule has 1 aliphatic rings. The fourth-order valence-electron chi connectivity index (χ4n) is 4.45. The number of hydrogen-bond acceptors (Lipinski definition) is 2. The highest BCUT2D eigenvalue weighted by Gasteiger charge is 2.33. The maximum Gasteiger partial charge on any atom is 0.416 e. The van der Waals surface area contributed by atoms with E-state index in [1.807, 2.05) is 0 Å². The molecule has 0 N–H and O–H groups in total. The highest BCUT2D eigenvalue weighted by molar-refractivity contribution is 6.25. The summed E-state index contributed by atoms with van der Waals surface area (Å²) in [5.41, 5.74) is 0.122. The summed E-state index contributed by atoms with van der Waals surface area (Å²) in [6.07, 6.45) is -7.75. The summed E-state index contributed by atoms with van der Waals surface area (Å²) in [5.74, 6) is -2.18. The van der Waals surface area contributed by atoms with Crippen molar-refractivity contribution in [1.29, 1.82) is 5.26 Å². The molecule has 38 heavy (non-hydrogen) atoms. The molecule has 0 saturated heterocycles. The molecule has 0 aromatic heterocycles. The van der Waals surface area contributed by atoms with Crippen molar-refractivity contribution in [3.63, 3.8) is 0 Å². The van der Waals surface area contributed by atoms with E-state index in [-0.39, 0.29) is 28.0 Å². The van der Waals surface area contributed by atoms with Gasteiger partial charge in [0.15, 0.2) is 0 Å². The molecule has 190 valence electrons. The second-order valence-corrected chi connectivity index (χ2v) is 8.47. The molecule has 4 aromatic rings. The van der Waals surface area contributed by atoms with Crippen LogP contribution >= 0.6 is 0 Å². The lowest BCUT2D eigenvalue weighted by Gasteiger charge is -2.11. The van der Waals surface area contributed by atoms with Gasteiger partial charge >= 0.3 is 12.4 Å². The zero-order valence-electron chi connectivity index (χ0n) is 18.8. The third kappa shape index (κ3) is 4.30. The van der Waals surface area contributed by atoms with E-state index in [2.05, 4.69) is 4.99 Å². The number of hydrogen-bond donors (Lipinski definition) is 0. The first-order valence-corrected chi connectivity index (χ1v) is 10.9. The number of fused-ring (bicyclic) bond motifs is 3. The van der Waals surface area contributed by atoms with Gasteiger partial charge in [-0.1, -0.05) is 36.4 Å². The van der Waals surface area contributed by atoms with Crippen molar-refractivity contribution in [1.82, 2.24) is 0 Å². The SMILES string of the molecule is N#CN=C1c2cc(-c3ccc(C(F)(F)F)cc3F)ccc2-c2ccc(-c3ccc(C(F)(F)F)cc3F)cc21. The Balaban J connectivity index is 1.59. The monoisotopic (exact) mass is 528 g/mol. The Bertz CT molecular complexity index is 1560. The van der Waals surface area contributed by atoms with E-state index >= 15 is 0 Å². The molecule has 0 amide bonds. The van der Waals surface area contributed by atoms with Gasteiger partial charge in [0.2, 0.25) is 6.19 Å². The molecule has 4 aromatic carbocycles. The molecule has 0 radical (unpaired) electrons. The number of alkyl halides is 6. The Labute approximate surface area is 210 Å². The number of halogens is 8. The van der Waals surface area contributed by atoms with Crippen LogP contribution < -0.4 is 0 Å². The maximum atomic E-state index is 14.6.